The Hall–Kier alpha value is -2.65. The van der Waals surface area contributed by atoms with Crippen LogP contribution in [0, 0.1) is 0 Å². The fraction of sp³-hybridized carbons (Fsp3) is 0.158. The molecule has 1 atom stereocenters. The molecule has 28 heavy (non-hydrogen) atoms. The molecule has 1 heterocycles. The zero-order chi connectivity index (χ0) is 20.3. The fourth-order valence-electron chi connectivity index (χ4n) is 2.47. The normalized spacial score (nSPS) is 15.8. The van der Waals surface area contributed by atoms with Gasteiger partial charge in [0.25, 0.3) is 0 Å². The van der Waals surface area contributed by atoms with Gasteiger partial charge >= 0.3 is 5.97 Å². The number of amides is 2. The van der Waals surface area contributed by atoms with Gasteiger partial charge in [-0.15, -0.1) is 5.10 Å². The van der Waals surface area contributed by atoms with Crippen LogP contribution in [0.4, 0.5) is 0 Å². The van der Waals surface area contributed by atoms with E-state index in [1.54, 1.807) is 42.5 Å². The van der Waals surface area contributed by atoms with Gasteiger partial charge in [0.2, 0.25) is 11.8 Å². The van der Waals surface area contributed by atoms with E-state index in [4.69, 9.17) is 4.74 Å². The first-order valence-corrected chi connectivity index (χ1v) is 9.91. The summed E-state index contributed by atoms with van der Waals surface area (Å²) in [7, 11) is 0. The molecule has 3 rings (SSSR count). The maximum atomic E-state index is 12.2. The van der Waals surface area contributed by atoms with E-state index >= 15 is 0 Å². The number of rotatable bonds is 3. The Morgan fingerprint density at radius 3 is 2.46 bits per heavy atom. The summed E-state index contributed by atoms with van der Waals surface area (Å²) in [6.45, 7) is 2.78. The average Bonchev–Trinajstić information content (AvgIpc) is 3.07. The highest BCUT2D eigenvalue weighted by atomic mass is 79.9. The third-order valence-electron chi connectivity index (χ3n) is 3.70. The molecule has 0 saturated carbocycles. The van der Waals surface area contributed by atoms with Crippen LogP contribution in [0.25, 0.3) is 0 Å². The molecular weight excluding hydrogens is 446 g/mol. The van der Waals surface area contributed by atoms with E-state index in [0.717, 1.165) is 5.56 Å². The van der Waals surface area contributed by atoms with Crippen LogP contribution in [0.5, 0.6) is 5.75 Å². The molecule has 0 aliphatic carbocycles. The van der Waals surface area contributed by atoms with Crippen molar-refractivity contribution in [3.05, 3.63) is 64.1 Å². The number of nitrogens with one attached hydrogen (secondary N) is 1. The standard InChI is InChI=1S/C19H16BrN3O4S/c1-11(24)21-19-22-23(12(2)25)17(28-19)14-8-9-16(15(20)10-14)27-18(26)13-6-4-3-5-7-13/h3-10,17H,1-2H3,(H,21,22,24)/t17-/m0/s1. The number of amidine groups is 1. The first kappa shape index (κ1) is 20.1. The summed E-state index contributed by atoms with van der Waals surface area (Å²) >= 11 is 4.66. The average molecular weight is 462 g/mol. The summed E-state index contributed by atoms with van der Waals surface area (Å²) in [5.41, 5.74) is 1.21. The van der Waals surface area contributed by atoms with Crippen molar-refractivity contribution in [1.29, 1.82) is 0 Å². The van der Waals surface area contributed by atoms with Crippen molar-refractivity contribution in [3.63, 3.8) is 0 Å². The highest BCUT2D eigenvalue weighted by Gasteiger charge is 2.32. The molecule has 1 aliphatic heterocycles. The van der Waals surface area contributed by atoms with Crippen molar-refractivity contribution < 1.29 is 19.1 Å². The lowest BCUT2D eigenvalue weighted by Gasteiger charge is -2.20. The van der Waals surface area contributed by atoms with Gasteiger partial charge in [-0.1, -0.05) is 36.0 Å². The Balaban J connectivity index is 1.79. The molecule has 144 valence electrons. The molecule has 7 nitrogen and oxygen atoms in total. The lowest BCUT2D eigenvalue weighted by Crippen LogP contribution is -2.25. The lowest BCUT2D eigenvalue weighted by molar-refractivity contribution is -0.129. The first-order chi connectivity index (χ1) is 13.3. The quantitative estimate of drug-likeness (QED) is 0.556. The molecule has 2 aromatic rings. The van der Waals surface area contributed by atoms with Gasteiger partial charge in [0, 0.05) is 13.8 Å². The van der Waals surface area contributed by atoms with Gasteiger partial charge in [-0.25, -0.2) is 9.80 Å². The predicted octanol–water partition coefficient (Wildman–Crippen LogP) is 3.67. The number of hydrogen-bond donors (Lipinski definition) is 1. The smallest absolute Gasteiger partial charge is 0.343 e. The molecular formula is C19H16BrN3O4S. The van der Waals surface area contributed by atoms with Crippen LogP contribution >= 0.6 is 27.7 Å². The second-order valence-electron chi connectivity index (χ2n) is 5.87. The molecule has 0 aromatic heterocycles. The van der Waals surface area contributed by atoms with E-state index in [2.05, 4.69) is 26.3 Å². The number of esters is 1. The van der Waals surface area contributed by atoms with Crippen molar-refractivity contribution in [2.24, 2.45) is 5.10 Å². The van der Waals surface area contributed by atoms with Crippen LogP contribution in [0.1, 0.15) is 35.1 Å². The third kappa shape index (κ3) is 4.60. The Morgan fingerprint density at radius 2 is 1.86 bits per heavy atom. The molecule has 9 heteroatoms. The molecule has 2 amide bonds. The molecule has 0 unspecified atom stereocenters. The summed E-state index contributed by atoms with van der Waals surface area (Å²) in [6.07, 6.45) is 0. The van der Waals surface area contributed by atoms with Crippen LogP contribution in [0.15, 0.2) is 58.1 Å². The maximum absolute atomic E-state index is 12.2. The largest absolute Gasteiger partial charge is 0.422 e. The van der Waals surface area contributed by atoms with Gasteiger partial charge in [-0.05, 0) is 45.8 Å². The van der Waals surface area contributed by atoms with E-state index in [1.807, 2.05) is 6.07 Å². The van der Waals surface area contributed by atoms with Gasteiger partial charge in [0.05, 0.1) is 10.0 Å². The number of benzene rings is 2. The molecule has 0 spiro atoms. The predicted molar refractivity (Wildman–Crippen MR) is 110 cm³/mol. The molecule has 0 radical (unpaired) electrons. The number of halogens is 1. The second kappa shape index (κ2) is 8.57. The minimum atomic E-state index is -0.467. The Kier molecular flexibility index (Phi) is 6.15. The minimum Gasteiger partial charge on any atom is -0.422 e. The zero-order valence-corrected chi connectivity index (χ0v) is 17.4. The summed E-state index contributed by atoms with van der Waals surface area (Å²) in [5, 5.41) is 7.97. The molecule has 1 aliphatic rings. The van der Waals surface area contributed by atoms with Gasteiger partial charge in [0.1, 0.15) is 11.1 Å². The third-order valence-corrected chi connectivity index (χ3v) is 5.42. The Bertz CT molecular complexity index is 965. The van der Waals surface area contributed by atoms with Crippen LogP contribution in [0.3, 0.4) is 0 Å². The van der Waals surface area contributed by atoms with Gasteiger partial charge in [-0.2, -0.15) is 0 Å². The van der Waals surface area contributed by atoms with E-state index in [-0.39, 0.29) is 11.8 Å². The summed E-state index contributed by atoms with van der Waals surface area (Å²) < 4.78 is 6.00. The molecule has 0 saturated heterocycles. The van der Waals surface area contributed by atoms with E-state index < -0.39 is 11.3 Å². The lowest BCUT2D eigenvalue weighted by atomic mass is 10.2. The second-order valence-corrected chi connectivity index (χ2v) is 7.79. The minimum absolute atomic E-state index is 0.256. The number of carbonyl (C=O) groups is 3. The first-order valence-electron chi connectivity index (χ1n) is 8.24. The highest BCUT2D eigenvalue weighted by Crippen LogP contribution is 2.41. The SMILES string of the molecule is CC(=O)NC1=NN(C(C)=O)[C@H](c2ccc(OC(=O)c3ccccc3)c(Br)c2)S1. The van der Waals surface area contributed by atoms with Gasteiger partial charge in [0.15, 0.2) is 5.17 Å². The molecule has 0 fully saturated rings. The molecule has 1 N–H and O–H groups in total. The summed E-state index contributed by atoms with van der Waals surface area (Å²) in [5.74, 6) is -0.628. The number of ether oxygens (including phenoxy) is 1. The topological polar surface area (TPSA) is 88.1 Å². The van der Waals surface area contributed by atoms with Gasteiger partial charge < -0.3 is 10.1 Å². The Labute approximate surface area is 174 Å². The zero-order valence-electron chi connectivity index (χ0n) is 15.0. The Morgan fingerprint density at radius 1 is 1.14 bits per heavy atom. The number of hydrazone groups is 1. The van der Waals surface area contributed by atoms with Crippen molar-refractivity contribution in [1.82, 2.24) is 10.3 Å². The number of thioether (sulfide) groups is 1. The van der Waals surface area contributed by atoms with Gasteiger partial charge in [-0.3, -0.25) is 9.59 Å². The number of carbonyl (C=O) groups excluding carboxylic acids is 3. The highest BCUT2D eigenvalue weighted by molar-refractivity contribution is 9.10. The molecule has 2 aromatic carbocycles. The van der Waals surface area contributed by atoms with Crippen LogP contribution in [-0.4, -0.2) is 28.0 Å². The van der Waals surface area contributed by atoms with Crippen molar-refractivity contribution >= 4 is 50.6 Å². The van der Waals surface area contributed by atoms with Crippen molar-refractivity contribution in [2.75, 3.05) is 0 Å². The van der Waals surface area contributed by atoms with E-state index in [1.165, 1.54) is 30.6 Å². The van der Waals surface area contributed by atoms with Crippen molar-refractivity contribution in [2.45, 2.75) is 19.2 Å². The van der Waals surface area contributed by atoms with Crippen molar-refractivity contribution in [3.8, 4) is 5.75 Å². The summed E-state index contributed by atoms with van der Waals surface area (Å²) in [4.78, 5) is 35.4. The fourth-order valence-corrected chi connectivity index (χ4v) is 4.07. The van der Waals surface area contributed by atoms with E-state index in [9.17, 15) is 14.4 Å². The van der Waals surface area contributed by atoms with Crippen LogP contribution < -0.4 is 10.1 Å². The molecule has 0 bridgehead atoms. The van der Waals surface area contributed by atoms with Crippen LogP contribution in [0.2, 0.25) is 0 Å². The maximum Gasteiger partial charge on any atom is 0.343 e. The summed E-state index contributed by atoms with van der Waals surface area (Å²) in [6, 6.07) is 13.8. The monoisotopic (exact) mass is 461 g/mol. The number of nitrogens with zero attached hydrogens (tertiary/aromatic N) is 2. The number of hydrogen-bond acceptors (Lipinski definition) is 6. The van der Waals surface area contributed by atoms with E-state index in [0.29, 0.717) is 21.0 Å². The van der Waals surface area contributed by atoms with Crippen LogP contribution in [-0.2, 0) is 9.59 Å².